The van der Waals surface area contributed by atoms with Crippen molar-refractivity contribution in [2.45, 2.75) is 0 Å². The summed E-state index contributed by atoms with van der Waals surface area (Å²) in [6, 6.07) is 8.55. The predicted octanol–water partition coefficient (Wildman–Crippen LogP) is 1.42. The second-order valence-electron chi connectivity index (χ2n) is 3.41. The second-order valence-corrected chi connectivity index (χ2v) is 4.40. The summed E-state index contributed by atoms with van der Waals surface area (Å²) in [7, 11) is 1.70. The van der Waals surface area contributed by atoms with Crippen LogP contribution in [0.15, 0.2) is 28.1 Å². The summed E-state index contributed by atoms with van der Waals surface area (Å²) >= 11 is 1.13. The molecule has 1 N–H and O–H groups in total. The van der Waals surface area contributed by atoms with Crippen LogP contribution in [0.3, 0.4) is 0 Å². The highest BCUT2D eigenvalue weighted by Gasteiger charge is 2.04. The molecular formula is C11H7N5OS. The van der Waals surface area contributed by atoms with Crippen molar-refractivity contribution >= 4 is 33.0 Å². The summed E-state index contributed by atoms with van der Waals surface area (Å²) in [5, 5.41) is 20.7. The lowest BCUT2D eigenvalue weighted by atomic mass is 10.3. The van der Waals surface area contributed by atoms with Crippen molar-refractivity contribution in [2.24, 2.45) is 12.1 Å². The molecule has 0 fully saturated rings. The van der Waals surface area contributed by atoms with Gasteiger partial charge >= 0.3 is 4.87 Å². The van der Waals surface area contributed by atoms with Crippen LogP contribution in [0, 0.1) is 22.7 Å². The number of benzene rings is 1. The smallest absolute Gasteiger partial charge is 0.302 e. The number of hydrogen-bond acceptors (Lipinski definition) is 6. The number of fused-ring (bicyclic) bond motifs is 1. The number of nitrogens with one attached hydrogen (secondary N) is 1. The van der Waals surface area contributed by atoms with Gasteiger partial charge < -0.3 is 4.57 Å². The lowest BCUT2D eigenvalue weighted by Crippen LogP contribution is -2.06. The van der Waals surface area contributed by atoms with Crippen LogP contribution in [0.25, 0.3) is 10.2 Å². The fourth-order valence-corrected chi connectivity index (χ4v) is 2.32. The second kappa shape index (κ2) is 4.70. The van der Waals surface area contributed by atoms with Crippen molar-refractivity contribution in [3.8, 4) is 12.1 Å². The Hall–Kier alpha value is -2.64. The minimum absolute atomic E-state index is 0.0413. The van der Waals surface area contributed by atoms with E-state index in [2.05, 4.69) is 10.5 Å². The Balaban J connectivity index is 2.38. The monoisotopic (exact) mass is 257 g/mol. The average Bonchev–Trinajstić information content (AvgIpc) is 2.66. The van der Waals surface area contributed by atoms with E-state index in [1.165, 1.54) is 0 Å². The molecule has 2 rings (SSSR count). The van der Waals surface area contributed by atoms with Gasteiger partial charge in [0, 0.05) is 7.05 Å². The van der Waals surface area contributed by atoms with Crippen LogP contribution in [0.5, 0.6) is 0 Å². The van der Waals surface area contributed by atoms with Crippen molar-refractivity contribution in [3.05, 3.63) is 27.9 Å². The van der Waals surface area contributed by atoms with Crippen LogP contribution in [-0.2, 0) is 7.05 Å². The molecule has 1 heterocycles. The minimum Gasteiger partial charge on any atom is -0.302 e. The van der Waals surface area contributed by atoms with E-state index in [-0.39, 0.29) is 10.6 Å². The first-order chi connectivity index (χ1) is 8.65. The molecule has 88 valence electrons. The summed E-state index contributed by atoms with van der Waals surface area (Å²) in [5.41, 5.74) is 3.80. The quantitative estimate of drug-likeness (QED) is 0.650. The summed E-state index contributed by atoms with van der Waals surface area (Å²) in [6.45, 7) is 0. The van der Waals surface area contributed by atoms with Gasteiger partial charge in [-0.3, -0.25) is 10.2 Å². The molecule has 0 spiro atoms. The predicted molar refractivity (Wildman–Crippen MR) is 69.3 cm³/mol. The van der Waals surface area contributed by atoms with Gasteiger partial charge in [-0.15, -0.1) is 0 Å². The van der Waals surface area contributed by atoms with Crippen molar-refractivity contribution in [3.63, 3.8) is 0 Å². The average molecular weight is 257 g/mol. The molecule has 18 heavy (non-hydrogen) atoms. The van der Waals surface area contributed by atoms with Gasteiger partial charge in [-0.1, -0.05) is 11.3 Å². The van der Waals surface area contributed by atoms with E-state index in [0.29, 0.717) is 5.69 Å². The fourth-order valence-electron chi connectivity index (χ4n) is 1.40. The molecule has 2 aromatic rings. The molecule has 0 bridgehead atoms. The SMILES string of the molecule is Cn1c(=O)sc2cc(NN=C(C#N)C#N)ccc21. The largest absolute Gasteiger partial charge is 0.307 e. The highest BCUT2D eigenvalue weighted by molar-refractivity contribution is 7.16. The van der Waals surface area contributed by atoms with E-state index in [1.54, 1.807) is 42.0 Å². The van der Waals surface area contributed by atoms with Crippen molar-refractivity contribution < 1.29 is 0 Å². The van der Waals surface area contributed by atoms with Crippen LogP contribution < -0.4 is 10.3 Å². The lowest BCUT2D eigenvalue weighted by molar-refractivity contribution is 0.939. The summed E-state index contributed by atoms with van der Waals surface area (Å²) in [5.74, 6) is 0. The van der Waals surface area contributed by atoms with Crippen molar-refractivity contribution in [1.29, 1.82) is 10.5 Å². The maximum Gasteiger partial charge on any atom is 0.307 e. The Labute approximate surface area is 106 Å². The highest BCUT2D eigenvalue weighted by Crippen LogP contribution is 2.21. The van der Waals surface area contributed by atoms with E-state index >= 15 is 0 Å². The summed E-state index contributed by atoms with van der Waals surface area (Å²) < 4.78 is 2.38. The first-order valence-corrected chi connectivity index (χ1v) is 5.71. The molecule has 0 saturated heterocycles. The van der Waals surface area contributed by atoms with Crippen LogP contribution in [0.1, 0.15) is 0 Å². The third-order valence-corrected chi connectivity index (χ3v) is 3.30. The zero-order chi connectivity index (χ0) is 13.1. The zero-order valence-corrected chi connectivity index (χ0v) is 10.2. The maximum absolute atomic E-state index is 11.5. The Morgan fingerprint density at radius 3 is 2.83 bits per heavy atom. The molecule has 0 amide bonds. The molecule has 1 aromatic heterocycles. The molecule has 0 radical (unpaired) electrons. The van der Waals surface area contributed by atoms with E-state index in [9.17, 15) is 4.79 Å². The standard InChI is InChI=1S/C11H7N5OS/c1-16-9-3-2-7(4-10(9)18-11(16)17)14-15-8(5-12)6-13/h2-4,14H,1H3. The summed E-state index contributed by atoms with van der Waals surface area (Å²) in [6.07, 6.45) is 0. The molecule has 0 aliphatic carbocycles. The van der Waals surface area contributed by atoms with Gasteiger partial charge in [0.15, 0.2) is 0 Å². The molecular weight excluding hydrogens is 250 g/mol. The Morgan fingerprint density at radius 1 is 1.44 bits per heavy atom. The number of hydrazone groups is 1. The number of aromatic nitrogens is 1. The van der Waals surface area contributed by atoms with Gasteiger partial charge in [0.25, 0.3) is 0 Å². The topological polar surface area (TPSA) is 94.0 Å². The summed E-state index contributed by atoms with van der Waals surface area (Å²) in [4.78, 5) is 11.4. The van der Waals surface area contributed by atoms with E-state index in [4.69, 9.17) is 10.5 Å². The Kier molecular flexibility index (Phi) is 3.09. The molecule has 1 aromatic carbocycles. The van der Waals surface area contributed by atoms with Gasteiger partial charge in [-0.2, -0.15) is 15.6 Å². The molecule has 0 aliphatic heterocycles. The van der Waals surface area contributed by atoms with E-state index in [0.717, 1.165) is 21.6 Å². The van der Waals surface area contributed by atoms with Crippen LogP contribution in [-0.4, -0.2) is 10.3 Å². The van der Waals surface area contributed by atoms with Crippen molar-refractivity contribution in [1.82, 2.24) is 4.57 Å². The third kappa shape index (κ3) is 2.08. The van der Waals surface area contributed by atoms with Crippen LogP contribution in [0.2, 0.25) is 0 Å². The fraction of sp³-hybridized carbons (Fsp3) is 0.0909. The van der Waals surface area contributed by atoms with Crippen molar-refractivity contribution in [2.75, 3.05) is 5.43 Å². The maximum atomic E-state index is 11.5. The highest BCUT2D eigenvalue weighted by atomic mass is 32.1. The number of nitrogens with zero attached hydrogens (tertiary/aromatic N) is 4. The first kappa shape index (κ1) is 11.8. The van der Waals surface area contributed by atoms with E-state index < -0.39 is 0 Å². The van der Waals surface area contributed by atoms with Gasteiger partial charge in [0.05, 0.1) is 15.9 Å². The van der Waals surface area contributed by atoms with Gasteiger partial charge in [0.1, 0.15) is 12.1 Å². The van der Waals surface area contributed by atoms with Gasteiger partial charge in [-0.25, -0.2) is 0 Å². The number of hydrogen-bond donors (Lipinski definition) is 1. The molecule has 0 saturated carbocycles. The van der Waals surface area contributed by atoms with Gasteiger partial charge in [0.2, 0.25) is 5.71 Å². The third-order valence-electron chi connectivity index (χ3n) is 2.30. The number of rotatable bonds is 2. The normalized spacial score (nSPS) is 9.50. The number of thiazole rings is 1. The molecule has 0 unspecified atom stereocenters. The number of anilines is 1. The molecule has 7 heteroatoms. The van der Waals surface area contributed by atoms with Gasteiger partial charge in [-0.05, 0) is 18.2 Å². The number of aryl methyl sites for hydroxylation is 1. The zero-order valence-electron chi connectivity index (χ0n) is 9.34. The molecule has 6 nitrogen and oxygen atoms in total. The molecule has 0 atom stereocenters. The van der Waals surface area contributed by atoms with Crippen LogP contribution >= 0.6 is 11.3 Å². The lowest BCUT2D eigenvalue weighted by Gasteiger charge is -2.00. The van der Waals surface area contributed by atoms with Crippen LogP contribution in [0.4, 0.5) is 5.69 Å². The Bertz CT molecular complexity index is 755. The number of nitriles is 2. The minimum atomic E-state index is -0.253. The molecule has 0 aliphatic rings. The van der Waals surface area contributed by atoms with E-state index in [1.807, 2.05) is 0 Å². The Morgan fingerprint density at radius 2 is 2.17 bits per heavy atom. The first-order valence-electron chi connectivity index (χ1n) is 4.89.